The van der Waals surface area contributed by atoms with Crippen LogP contribution in [0, 0.1) is 0 Å². The summed E-state index contributed by atoms with van der Waals surface area (Å²) in [5, 5.41) is 35.1. The fourth-order valence-electron chi connectivity index (χ4n) is 2.81. The number of aromatic carboxylic acids is 1. The molecule has 2 aromatic rings. The van der Waals surface area contributed by atoms with Gasteiger partial charge in [-0.2, -0.15) is 0 Å². The van der Waals surface area contributed by atoms with E-state index in [0.29, 0.717) is 6.07 Å². The van der Waals surface area contributed by atoms with Gasteiger partial charge in [-0.3, -0.25) is 4.79 Å². The largest absolute Gasteiger partial charge is 0.573 e. The molecule has 31 heavy (non-hydrogen) atoms. The summed E-state index contributed by atoms with van der Waals surface area (Å²) in [4.78, 5) is 27.6. The third-order valence-electron chi connectivity index (χ3n) is 4.02. The number of ether oxygens (including phenoxy) is 1. The van der Waals surface area contributed by atoms with Crippen LogP contribution in [0.4, 0.5) is 18.3 Å². The zero-order chi connectivity index (χ0) is 22.9. The molecule has 164 valence electrons. The van der Waals surface area contributed by atoms with Crippen LogP contribution in [-0.2, 0) is 11.2 Å². The average molecular weight is 460 g/mol. The number of rotatable bonds is 5. The number of carbonyl (C=O) groups excluding carboxylic acids is 1. The van der Waals surface area contributed by atoms with Crippen molar-refractivity contribution in [2.24, 2.45) is 5.16 Å². The number of alkyl halides is 3. The monoisotopic (exact) mass is 460 g/mol. The second-order valence-corrected chi connectivity index (χ2v) is 7.01. The SMILES string of the molecule is Nc1nc(C(=NO)C(=O)NC2Cc3cc(OC(F)(F)F)cc(C(=O)O)c3OB2O)cs1. The normalized spacial score (nSPS) is 16.3. The van der Waals surface area contributed by atoms with Crippen LogP contribution >= 0.6 is 11.3 Å². The third-order valence-corrected chi connectivity index (χ3v) is 4.70. The molecule has 0 aliphatic carbocycles. The molecule has 0 spiro atoms. The molecule has 0 bridgehead atoms. The van der Waals surface area contributed by atoms with Crippen molar-refractivity contribution >= 4 is 41.2 Å². The number of carbonyl (C=O) groups is 2. The van der Waals surface area contributed by atoms with Gasteiger partial charge in [-0.1, -0.05) is 5.16 Å². The molecule has 1 aliphatic rings. The Hall–Kier alpha value is -3.53. The van der Waals surface area contributed by atoms with Crippen LogP contribution in [0.1, 0.15) is 21.6 Å². The Labute approximate surface area is 175 Å². The Morgan fingerprint density at radius 3 is 2.68 bits per heavy atom. The van der Waals surface area contributed by atoms with Crippen molar-refractivity contribution < 1.29 is 47.5 Å². The van der Waals surface area contributed by atoms with Crippen LogP contribution in [0.15, 0.2) is 22.7 Å². The summed E-state index contributed by atoms with van der Waals surface area (Å²) in [6, 6.07) is 1.48. The molecule has 16 heteroatoms. The molecule has 1 aromatic heterocycles. The summed E-state index contributed by atoms with van der Waals surface area (Å²) in [6.07, 6.45) is -5.40. The highest BCUT2D eigenvalue weighted by atomic mass is 32.1. The van der Waals surface area contributed by atoms with Gasteiger partial charge in [-0.05, 0) is 24.1 Å². The van der Waals surface area contributed by atoms with Gasteiger partial charge in [0.2, 0.25) is 0 Å². The minimum absolute atomic E-state index is 0.0526. The summed E-state index contributed by atoms with van der Waals surface area (Å²) in [6.45, 7) is 0. The number of nitrogens with one attached hydrogen (secondary N) is 1. The van der Waals surface area contributed by atoms with Crippen molar-refractivity contribution in [3.63, 3.8) is 0 Å². The number of halogens is 3. The van der Waals surface area contributed by atoms with Crippen LogP contribution in [0.3, 0.4) is 0 Å². The lowest BCUT2D eigenvalue weighted by Gasteiger charge is -2.29. The van der Waals surface area contributed by atoms with E-state index >= 15 is 0 Å². The lowest BCUT2D eigenvalue weighted by molar-refractivity contribution is -0.274. The molecule has 1 atom stereocenters. The number of carboxylic acid groups (broad SMARTS) is 1. The number of anilines is 1. The van der Waals surface area contributed by atoms with Crippen LogP contribution in [-0.4, -0.2) is 57.3 Å². The third kappa shape index (κ3) is 4.97. The maximum Gasteiger partial charge on any atom is 0.573 e. The second-order valence-electron chi connectivity index (χ2n) is 6.12. The molecular formula is C15H12BF3N4O7S. The van der Waals surface area contributed by atoms with Crippen molar-refractivity contribution in [1.82, 2.24) is 10.3 Å². The second kappa shape index (κ2) is 8.31. The molecule has 2 heterocycles. The Morgan fingerprint density at radius 1 is 1.42 bits per heavy atom. The molecule has 1 aromatic carbocycles. The number of amides is 1. The highest BCUT2D eigenvalue weighted by Gasteiger charge is 2.40. The van der Waals surface area contributed by atoms with Crippen molar-refractivity contribution in [2.75, 3.05) is 5.73 Å². The molecule has 0 saturated heterocycles. The van der Waals surface area contributed by atoms with E-state index in [0.717, 1.165) is 17.4 Å². The summed E-state index contributed by atoms with van der Waals surface area (Å²) in [5.41, 5.74) is 4.13. The molecular weight excluding hydrogens is 448 g/mol. The first-order valence-corrected chi connectivity index (χ1v) is 9.11. The summed E-state index contributed by atoms with van der Waals surface area (Å²) < 4.78 is 46.6. The number of nitrogen functional groups attached to an aromatic ring is 1. The van der Waals surface area contributed by atoms with Crippen molar-refractivity contribution in [1.29, 1.82) is 0 Å². The fourth-order valence-corrected chi connectivity index (χ4v) is 3.36. The van der Waals surface area contributed by atoms with Gasteiger partial charge in [0.05, 0.1) is 5.94 Å². The van der Waals surface area contributed by atoms with E-state index < -0.39 is 48.3 Å². The maximum atomic E-state index is 12.6. The molecule has 0 radical (unpaired) electrons. The van der Waals surface area contributed by atoms with Gasteiger partial charge in [-0.15, -0.1) is 24.5 Å². The zero-order valence-corrected chi connectivity index (χ0v) is 15.9. The van der Waals surface area contributed by atoms with Gasteiger partial charge < -0.3 is 35.8 Å². The summed E-state index contributed by atoms with van der Waals surface area (Å²) >= 11 is 0.972. The molecule has 1 unspecified atom stereocenters. The first kappa shape index (κ1) is 22.2. The lowest BCUT2D eigenvalue weighted by atomic mass is 9.72. The summed E-state index contributed by atoms with van der Waals surface area (Å²) in [5.74, 6) is -5.04. The number of benzene rings is 1. The molecule has 0 fully saturated rings. The van der Waals surface area contributed by atoms with Gasteiger partial charge >= 0.3 is 19.5 Å². The van der Waals surface area contributed by atoms with E-state index in [-0.39, 0.29) is 28.6 Å². The van der Waals surface area contributed by atoms with Gasteiger partial charge in [0.1, 0.15) is 22.8 Å². The van der Waals surface area contributed by atoms with Crippen molar-refractivity contribution in [3.05, 3.63) is 34.3 Å². The van der Waals surface area contributed by atoms with Crippen LogP contribution in [0.2, 0.25) is 0 Å². The number of hydrogen-bond donors (Lipinski definition) is 5. The van der Waals surface area contributed by atoms with E-state index in [4.69, 9.17) is 15.6 Å². The molecule has 3 rings (SSSR count). The molecule has 1 amide bonds. The van der Waals surface area contributed by atoms with E-state index in [2.05, 4.69) is 20.2 Å². The highest BCUT2D eigenvalue weighted by molar-refractivity contribution is 7.13. The van der Waals surface area contributed by atoms with Gasteiger partial charge in [0, 0.05) is 5.38 Å². The van der Waals surface area contributed by atoms with E-state index in [1.807, 2.05) is 0 Å². The van der Waals surface area contributed by atoms with Crippen LogP contribution in [0.5, 0.6) is 11.5 Å². The smallest absolute Gasteiger partial charge is 0.534 e. The molecule has 6 N–H and O–H groups in total. The number of aromatic nitrogens is 1. The van der Waals surface area contributed by atoms with Gasteiger partial charge in [0.25, 0.3) is 5.91 Å². The number of nitrogens with two attached hydrogens (primary N) is 1. The van der Waals surface area contributed by atoms with Crippen molar-refractivity contribution in [2.45, 2.75) is 18.7 Å². The number of oxime groups is 1. The number of hydrogen-bond acceptors (Lipinski definition) is 10. The van der Waals surface area contributed by atoms with Crippen molar-refractivity contribution in [3.8, 4) is 11.5 Å². The number of nitrogens with zero attached hydrogens (tertiary/aromatic N) is 2. The van der Waals surface area contributed by atoms with Crippen LogP contribution < -0.4 is 20.4 Å². The number of thiazole rings is 1. The average Bonchev–Trinajstić information content (AvgIpc) is 3.07. The Morgan fingerprint density at radius 2 is 2.13 bits per heavy atom. The highest BCUT2D eigenvalue weighted by Crippen LogP contribution is 2.36. The quantitative estimate of drug-likeness (QED) is 0.185. The first-order valence-electron chi connectivity index (χ1n) is 8.23. The number of carboxylic acids is 1. The topological polar surface area (TPSA) is 177 Å². The minimum atomic E-state index is -5.07. The number of fused-ring (bicyclic) bond motifs is 1. The minimum Gasteiger partial charge on any atom is -0.534 e. The van der Waals surface area contributed by atoms with E-state index in [1.54, 1.807) is 0 Å². The molecule has 11 nitrogen and oxygen atoms in total. The lowest BCUT2D eigenvalue weighted by Crippen LogP contribution is -2.54. The van der Waals surface area contributed by atoms with Gasteiger partial charge in [0.15, 0.2) is 10.8 Å². The van der Waals surface area contributed by atoms with E-state index in [9.17, 15) is 32.9 Å². The molecule has 0 saturated carbocycles. The predicted molar refractivity (Wildman–Crippen MR) is 99.2 cm³/mol. The molecule has 1 aliphatic heterocycles. The first-order chi connectivity index (χ1) is 14.5. The Kier molecular flexibility index (Phi) is 5.94. The summed E-state index contributed by atoms with van der Waals surface area (Å²) in [7, 11) is -1.76. The standard InChI is InChI=1S/C15H12BF3N4O7S/c17-15(18,19)29-6-1-5-2-9(16(27)30-11(5)7(3-6)13(25)26)22-12(24)10(23-28)8-4-31-14(20)21-8/h1,3-4,9,27-28H,2H2,(H2,20,21)(H,22,24)(H,25,26). The predicted octanol–water partition coefficient (Wildman–Crippen LogP) is 0.640. The Balaban J connectivity index is 1.87. The fraction of sp³-hybridized carbons (Fsp3) is 0.200. The van der Waals surface area contributed by atoms with E-state index in [1.165, 1.54) is 5.38 Å². The van der Waals surface area contributed by atoms with Crippen LogP contribution in [0.25, 0.3) is 0 Å². The Bertz CT molecular complexity index is 1060. The van der Waals surface area contributed by atoms with Gasteiger partial charge in [-0.25, -0.2) is 9.78 Å². The maximum absolute atomic E-state index is 12.6. The zero-order valence-electron chi connectivity index (χ0n) is 15.1.